The molecule has 1 saturated heterocycles. The number of hydrogen-bond donors (Lipinski definition) is 1. The van der Waals surface area contributed by atoms with Gasteiger partial charge in [0.05, 0.1) is 11.8 Å². The highest BCUT2D eigenvalue weighted by molar-refractivity contribution is 5.95. The Morgan fingerprint density at radius 2 is 1.84 bits per heavy atom. The molecular weight excluding hydrogens is 412 g/mol. The monoisotopic (exact) mass is 432 g/mol. The van der Waals surface area contributed by atoms with E-state index in [0.717, 1.165) is 24.6 Å². The zero-order valence-corrected chi connectivity index (χ0v) is 16.7. The number of aromatic nitrogens is 2. The molecule has 0 bridgehead atoms. The number of nitrogens with one attached hydrogen (secondary N) is 1. The second-order valence-corrected chi connectivity index (χ2v) is 7.55. The lowest BCUT2D eigenvalue weighted by Gasteiger charge is -2.34. The van der Waals surface area contributed by atoms with Crippen LogP contribution in [0.4, 0.5) is 23.2 Å². The summed E-state index contributed by atoms with van der Waals surface area (Å²) in [6.45, 7) is 1.02. The molecule has 9 heteroatoms. The van der Waals surface area contributed by atoms with E-state index >= 15 is 0 Å². The predicted octanol–water partition coefficient (Wildman–Crippen LogP) is 4.04. The first-order chi connectivity index (χ1) is 14.8. The molecule has 0 radical (unpaired) electrons. The van der Waals surface area contributed by atoms with E-state index in [1.54, 1.807) is 7.05 Å². The Morgan fingerprint density at radius 3 is 2.52 bits per heavy atom. The third kappa shape index (κ3) is 4.40. The quantitative estimate of drug-likeness (QED) is 0.633. The molecule has 1 fully saturated rings. The van der Waals surface area contributed by atoms with Crippen molar-refractivity contribution in [2.75, 3.05) is 18.0 Å². The molecule has 2 heterocycles. The van der Waals surface area contributed by atoms with E-state index in [4.69, 9.17) is 0 Å². The van der Waals surface area contributed by atoms with Gasteiger partial charge in [0.15, 0.2) is 17.5 Å². The number of hydrogen-bond acceptors (Lipinski definition) is 3. The number of anilines is 1. The molecule has 1 amide bonds. The van der Waals surface area contributed by atoms with Gasteiger partial charge in [0, 0.05) is 43.5 Å². The van der Waals surface area contributed by atoms with Gasteiger partial charge in [-0.15, -0.1) is 0 Å². The van der Waals surface area contributed by atoms with Crippen molar-refractivity contribution in [1.82, 2.24) is 15.1 Å². The molecular formula is C22H20F4N4O. The minimum atomic E-state index is -0.935. The van der Waals surface area contributed by atoms with E-state index in [2.05, 4.69) is 10.4 Å². The fraction of sp³-hybridized carbons (Fsp3) is 0.273. The van der Waals surface area contributed by atoms with Crippen LogP contribution in [0.25, 0.3) is 11.3 Å². The van der Waals surface area contributed by atoms with Crippen LogP contribution in [0.15, 0.2) is 42.6 Å². The van der Waals surface area contributed by atoms with Gasteiger partial charge in [0.1, 0.15) is 11.5 Å². The maximum atomic E-state index is 14.6. The highest BCUT2D eigenvalue weighted by Crippen LogP contribution is 2.25. The van der Waals surface area contributed by atoms with Crippen molar-refractivity contribution >= 4 is 11.6 Å². The van der Waals surface area contributed by atoms with Crippen molar-refractivity contribution in [3.05, 3.63) is 71.4 Å². The van der Waals surface area contributed by atoms with E-state index in [0.29, 0.717) is 25.2 Å². The summed E-state index contributed by atoms with van der Waals surface area (Å²) in [5.41, 5.74) is 0.591. The van der Waals surface area contributed by atoms with Crippen molar-refractivity contribution in [2.45, 2.75) is 18.9 Å². The van der Waals surface area contributed by atoms with Gasteiger partial charge in [-0.3, -0.25) is 9.48 Å². The number of carbonyl (C=O) groups excluding carboxylic acids is 1. The minimum Gasteiger partial charge on any atom is -0.369 e. The summed E-state index contributed by atoms with van der Waals surface area (Å²) in [6, 6.07) is 7.19. The van der Waals surface area contributed by atoms with Gasteiger partial charge < -0.3 is 10.2 Å². The fourth-order valence-corrected chi connectivity index (χ4v) is 3.78. The molecule has 2 aromatic carbocycles. The molecule has 162 valence electrons. The normalized spacial score (nSPS) is 16.4. The molecule has 0 unspecified atom stereocenters. The third-order valence-corrected chi connectivity index (χ3v) is 5.30. The predicted molar refractivity (Wildman–Crippen MR) is 108 cm³/mol. The van der Waals surface area contributed by atoms with Gasteiger partial charge in [-0.05, 0) is 37.1 Å². The third-order valence-electron chi connectivity index (χ3n) is 5.30. The minimum absolute atomic E-state index is 0.00260. The Kier molecular flexibility index (Phi) is 5.67. The lowest BCUT2D eigenvalue weighted by molar-refractivity contribution is 0.0929. The van der Waals surface area contributed by atoms with Gasteiger partial charge in [-0.25, -0.2) is 17.6 Å². The lowest BCUT2D eigenvalue weighted by Crippen LogP contribution is -2.48. The van der Waals surface area contributed by atoms with Crippen LogP contribution in [0, 0.1) is 23.3 Å². The molecule has 4 rings (SSSR count). The number of nitrogens with zero attached hydrogens (tertiary/aromatic N) is 3. The molecule has 0 spiro atoms. The number of halogens is 4. The molecule has 1 aliphatic rings. The summed E-state index contributed by atoms with van der Waals surface area (Å²) in [7, 11) is 1.55. The van der Waals surface area contributed by atoms with Crippen LogP contribution in [0.1, 0.15) is 23.2 Å². The first-order valence-corrected chi connectivity index (χ1v) is 9.82. The van der Waals surface area contributed by atoms with E-state index in [1.165, 1.54) is 29.1 Å². The number of amides is 1. The van der Waals surface area contributed by atoms with E-state index < -0.39 is 29.2 Å². The summed E-state index contributed by atoms with van der Waals surface area (Å²) in [4.78, 5) is 14.5. The highest BCUT2D eigenvalue weighted by Gasteiger charge is 2.24. The Labute approximate surface area is 176 Å². The van der Waals surface area contributed by atoms with Crippen LogP contribution >= 0.6 is 0 Å². The zero-order chi connectivity index (χ0) is 22.1. The van der Waals surface area contributed by atoms with E-state index in [9.17, 15) is 22.4 Å². The van der Waals surface area contributed by atoms with Crippen LogP contribution in [-0.2, 0) is 7.05 Å². The van der Waals surface area contributed by atoms with Crippen LogP contribution in [0.5, 0.6) is 0 Å². The van der Waals surface area contributed by atoms with E-state index in [-0.39, 0.29) is 22.9 Å². The van der Waals surface area contributed by atoms with Gasteiger partial charge in [0.2, 0.25) is 0 Å². The van der Waals surface area contributed by atoms with Crippen molar-refractivity contribution < 1.29 is 22.4 Å². The zero-order valence-electron chi connectivity index (χ0n) is 16.7. The van der Waals surface area contributed by atoms with Crippen molar-refractivity contribution in [3.63, 3.8) is 0 Å². The standard InChI is InChI=1S/C22H20F4N4O/c1-29-12-20(26)21(28-29)13-4-6-16(18(24)9-13)22(31)27-14-3-2-8-30(11-14)15-5-7-17(23)19(25)10-15/h4-7,9-10,12,14H,2-3,8,11H2,1H3,(H,27,31)/t14-/m0/s1. The first-order valence-electron chi connectivity index (χ1n) is 9.82. The summed E-state index contributed by atoms with van der Waals surface area (Å²) in [5.74, 6) is -3.82. The molecule has 1 N–H and O–H groups in total. The van der Waals surface area contributed by atoms with Gasteiger partial charge >= 0.3 is 0 Å². The fourth-order valence-electron chi connectivity index (χ4n) is 3.78. The van der Waals surface area contributed by atoms with Crippen molar-refractivity contribution in [2.24, 2.45) is 7.05 Å². The Balaban J connectivity index is 1.46. The first kappa shape index (κ1) is 20.9. The molecule has 0 saturated carbocycles. The number of piperidine rings is 1. The van der Waals surface area contributed by atoms with Crippen LogP contribution in [0.2, 0.25) is 0 Å². The molecule has 31 heavy (non-hydrogen) atoms. The van der Waals surface area contributed by atoms with Crippen LogP contribution in [-0.4, -0.2) is 34.8 Å². The number of aryl methyl sites for hydroxylation is 1. The number of rotatable bonds is 4. The SMILES string of the molecule is Cn1cc(F)c(-c2ccc(C(=O)N[C@H]3CCCN(c4ccc(F)c(F)c4)C3)c(F)c2)n1. The number of benzene rings is 2. The van der Waals surface area contributed by atoms with Crippen molar-refractivity contribution in [3.8, 4) is 11.3 Å². The summed E-state index contributed by atoms with van der Waals surface area (Å²) in [6.07, 6.45) is 2.57. The maximum absolute atomic E-state index is 14.6. The summed E-state index contributed by atoms with van der Waals surface area (Å²) in [5, 5.41) is 6.75. The van der Waals surface area contributed by atoms with Gasteiger partial charge in [0.25, 0.3) is 5.91 Å². The molecule has 5 nitrogen and oxygen atoms in total. The van der Waals surface area contributed by atoms with Crippen molar-refractivity contribution in [1.29, 1.82) is 0 Å². The maximum Gasteiger partial charge on any atom is 0.254 e. The summed E-state index contributed by atoms with van der Waals surface area (Å²) >= 11 is 0. The summed E-state index contributed by atoms with van der Waals surface area (Å²) < 4.78 is 56.5. The highest BCUT2D eigenvalue weighted by atomic mass is 19.2. The Hall–Kier alpha value is -3.36. The van der Waals surface area contributed by atoms with Gasteiger partial charge in [-0.1, -0.05) is 6.07 Å². The van der Waals surface area contributed by atoms with E-state index in [1.807, 2.05) is 4.90 Å². The van der Waals surface area contributed by atoms with Crippen LogP contribution < -0.4 is 10.2 Å². The number of carbonyl (C=O) groups is 1. The largest absolute Gasteiger partial charge is 0.369 e. The van der Waals surface area contributed by atoms with Gasteiger partial charge in [-0.2, -0.15) is 5.10 Å². The van der Waals surface area contributed by atoms with Crippen LogP contribution in [0.3, 0.4) is 0 Å². The second kappa shape index (κ2) is 8.41. The molecule has 3 aromatic rings. The average Bonchev–Trinajstić information content (AvgIpc) is 3.08. The molecule has 1 aromatic heterocycles. The Morgan fingerprint density at radius 1 is 1.03 bits per heavy atom. The molecule has 1 aliphatic heterocycles. The lowest BCUT2D eigenvalue weighted by atomic mass is 10.0. The average molecular weight is 432 g/mol. The topological polar surface area (TPSA) is 50.2 Å². The molecule has 1 atom stereocenters. The second-order valence-electron chi connectivity index (χ2n) is 7.55. The smallest absolute Gasteiger partial charge is 0.254 e. The molecule has 0 aliphatic carbocycles. The Bertz CT molecular complexity index is 1130.